The number of benzene rings is 5. The number of hydrogen-bond acceptors (Lipinski definition) is 15. The highest BCUT2D eigenvalue weighted by atomic mass is 32.2. The summed E-state index contributed by atoms with van der Waals surface area (Å²) in [7, 11) is -8.24. The third kappa shape index (κ3) is 15.5. The standard InChI is InChI=1S/C68H73N9O11S2/c1-67(2)53-21-8-10-23-56(53)76(37-12-14-39-89(81,82)83)58(67)35-29-47-19-16-20-48(30-36-59-68(3,4)54-22-9-11-24-57(54)77(59)38-13-15-40-90(84,85)86)61(47)88-52-33-25-45(26-34-52)41-55(65(80)87-44-46-17-6-5-7-18-46)73-63(78)49-27-31-50(32-28-49)70-42-51-43-71-62-60(72-51)64(79)75-66(69)74-62/h5-11,17-18,21-36,43,55H,12-16,19-20,37-42,44H2,1-4H3,(H6-,69,70,71,73,74,75,78,79,81,82,83,84,85,86)/p+1/t55-/m0/s1. The number of unbranched alkanes of at least 4 members (excludes halogenated alkanes) is 2. The third-order valence-electron chi connectivity index (χ3n) is 16.5. The highest BCUT2D eigenvalue weighted by Gasteiger charge is 2.44. The Kier molecular flexibility index (Phi) is 19.4. The van der Waals surface area contributed by atoms with Crippen molar-refractivity contribution in [2.45, 2.75) is 109 Å². The lowest BCUT2D eigenvalue weighted by Gasteiger charge is -2.27. The summed E-state index contributed by atoms with van der Waals surface area (Å²) in [5.41, 5.74) is 15.7. The van der Waals surface area contributed by atoms with Gasteiger partial charge in [-0.15, -0.1) is 0 Å². The first kappa shape index (κ1) is 63.9. The van der Waals surface area contributed by atoms with Gasteiger partial charge in [0.2, 0.25) is 11.6 Å². The van der Waals surface area contributed by atoms with Gasteiger partial charge in [0.25, 0.3) is 31.7 Å². The number of ether oxygens (including phenoxy) is 2. The summed E-state index contributed by atoms with van der Waals surface area (Å²) in [6, 6.07) is 38.7. The SMILES string of the molecule is CC1(C)C(=CC=C2CCCC(C=CC3=[N+](CCCCS(=O)(=O)O)c4ccccc4C3(C)C)=C2Oc2ccc(C[C@H](NC(=O)c3ccc(NCc4cnc5nc(N)[nH]c(=O)c5n4)cc3)C(=O)OCc3ccccc3)cc2)N(CCCCS(=O)(=O)O)c2ccccc21. The Morgan fingerprint density at radius 1 is 0.778 bits per heavy atom. The molecule has 10 rings (SSSR count). The molecule has 1 aliphatic carbocycles. The van der Waals surface area contributed by atoms with Gasteiger partial charge in [-0.1, -0.05) is 98.8 Å². The molecule has 0 saturated heterocycles. The summed E-state index contributed by atoms with van der Waals surface area (Å²) in [6.45, 7) is 9.97. The van der Waals surface area contributed by atoms with Crippen molar-refractivity contribution in [1.29, 1.82) is 0 Å². The molecule has 7 N–H and O–H groups in total. The van der Waals surface area contributed by atoms with Crippen LogP contribution < -0.4 is 31.6 Å². The van der Waals surface area contributed by atoms with Crippen molar-refractivity contribution in [3.8, 4) is 5.75 Å². The predicted molar refractivity (Wildman–Crippen MR) is 348 cm³/mol. The van der Waals surface area contributed by atoms with E-state index in [9.17, 15) is 40.3 Å². The zero-order valence-corrected chi connectivity index (χ0v) is 52.3. The van der Waals surface area contributed by atoms with E-state index in [-0.39, 0.29) is 48.2 Å². The predicted octanol–water partition coefficient (Wildman–Crippen LogP) is 10.4. The Hall–Kier alpha value is -9.09. The van der Waals surface area contributed by atoms with E-state index in [2.05, 4.69) is 116 Å². The van der Waals surface area contributed by atoms with Gasteiger partial charge in [0.15, 0.2) is 16.9 Å². The molecule has 1 amide bonds. The van der Waals surface area contributed by atoms with Crippen LogP contribution in [-0.2, 0) is 60.2 Å². The molecule has 5 aromatic carbocycles. The number of allylic oxidation sites excluding steroid dienone is 7. The summed E-state index contributed by atoms with van der Waals surface area (Å²) in [5.74, 6) is -0.636. The number of esters is 1. The molecule has 1 atom stereocenters. The lowest BCUT2D eigenvalue weighted by Crippen LogP contribution is -2.43. The number of nitrogens with one attached hydrogen (secondary N) is 3. The summed E-state index contributed by atoms with van der Waals surface area (Å²) in [4.78, 5) is 57.7. The smallest absolute Gasteiger partial charge is 0.329 e. The molecule has 20 nitrogen and oxygen atoms in total. The number of nitrogens with two attached hydrogens (primary N) is 1. The van der Waals surface area contributed by atoms with Gasteiger partial charge >= 0.3 is 5.97 Å². The summed E-state index contributed by atoms with van der Waals surface area (Å²) >= 11 is 0. The fraction of sp³-hybridized carbons (Fsp3) is 0.309. The van der Waals surface area contributed by atoms with Crippen LogP contribution in [0.2, 0.25) is 0 Å². The second-order valence-electron chi connectivity index (χ2n) is 23.7. The molecular weight excluding hydrogens is 1180 g/mol. The first-order chi connectivity index (χ1) is 43.0. The maximum Gasteiger partial charge on any atom is 0.329 e. The fourth-order valence-electron chi connectivity index (χ4n) is 11.9. The molecular formula is C68H74N9O11S2+. The van der Waals surface area contributed by atoms with E-state index in [0.29, 0.717) is 80.1 Å². The molecule has 0 saturated carbocycles. The number of carbonyl (C=O) groups is 2. The van der Waals surface area contributed by atoms with Crippen LogP contribution in [0.25, 0.3) is 11.2 Å². The number of carbonyl (C=O) groups excluding carboxylic acids is 2. The Morgan fingerprint density at radius 2 is 1.47 bits per heavy atom. The number of amides is 1. The molecule has 0 spiro atoms. The Balaban J connectivity index is 0.937. The number of nitrogens with zero attached hydrogens (tertiary/aromatic N) is 5. The normalized spacial score (nSPS) is 16.6. The zero-order chi connectivity index (χ0) is 63.8. The highest BCUT2D eigenvalue weighted by molar-refractivity contribution is 7.86. The van der Waals surface area contributed by atoms with Gasteiger partial charge in [0.1, 0.15) is 30.7 Å². The number of H-pyrrole nitrogens is 1. The number of para-hydroxylation sites is 2. The first-order valence-corrected chi connectivity index (χ1v) is 33.2. The average Bonchev–Trinajstić information content (AvgIpc) is 1.61. The van der Waals surface area contributed by atoms with E-state index in [0.717, 1.165) is 62.6 Å². The second kappa shape index (κ2) is 27.3. The number of fused-ring (bicyclic) bond motifs is 3. The fourth-order valence-corrected chi connectivity index (χ4v) is 13.0. The molecule has 0 radical (unpaired) electrons. The molecule has 4 heterocycles. The van der Waals surface area contributed by atoms with Crippen molar-refractivity contribution >= 4 is 72.0 Å². The van der Waals surface area contributed by atoms with Crippen molar-refractivity contribution in [2.24, 2.45) is 0 Å². The van der Waals surface area contributed by atoms with Gasteiger partial charge in [-0.05, 0) is 135 Å². The number of aromatic nitrogens is 4. The summed E-state index contributed by atoms with van der Waals surface area (Å²) < 4.78 is 81.0. The van der Waals surface area contributed by atoms with E-state index in [1.54, 1.807) is 24.3 Å². The van der Waals surface area contributed by atoms with E-state index in [4.69, 9.17) is 15.2 Å². The molecule has 3 aliphatic rings. The summed E-state index contributed by atoms with van der Waals surface area (Å²) in [6.07, 6.45) is 13.9. The zero-order valence-electron chi connectivity index (χ0n) is 50.7. The third-order valence-corrected chi connectivity index (χ3v) is 18.1. The van der Waals surface area contributed by atoms with Crippen LogP contribution in [0.5, 0.6) is 5.75 Å². The maximum absolute atomic E-state index is 14.0. The molecule has 7 aromatic rings. The van der Waals surface area contributed by atoms with E-state index >= 15 is 0 Å². The van der Waals surface area contributed by atoms with Gasteiger partial charge in [-0.3, -0.25) is 23.7 Å². The van der Waals surface area contributed by atoms with Crippen molar-refractivity contribution in [3.05, 3.63) is 224 Å². The molecule has 0 fully saturated rings. The Morgan fingerprint density at radius 3 is 2.20 bits per heavy atom. The highest BCUT2D eigenvalue weighted by Crippen LogP contribution is 2.48. The molecule has 2 aromatic heterocycles. The second-order valence-corrected chi connectivity index (χ2v) is 26.9. The molecule has 2 aliphatic heterocycles. The van der Waals surface area contributed by atoms with Gasteiger partial charge in [0, 0.05) is 65.1 Å². The number of nitrogen functional groups attached to an aromatic ring is 1. The molecule has 22 heteroatoms. The molecule has 468 valence electrons. The van der Waals surface area contributed by atoms with Crippen LogP contribution in [0.1, 0.15) is 111 Å². The minimum absolute atomic E-state index is 0.00354. The van der Waals surface area contributed by atoms with E-state index in [1.165, 1.54) is 6.20 Å². The van der Waals surface area contributed by atoms with Crippen molar-refractivity contribution in [3.63, 3.8) is 0 Å². The van der Waals surface area contributed by atoms with Gasteiger partial charge in [-0.2, -0.15) is 26.4 Å². The van der Waals surface area contributed by atoms with Crippen LogP contribution in [-0.4, -0.2) is 98.7 Å². The number of rotatable bonds is 25. The summed E-state index contributed by atoms with van der Waals surface area (Å²) in [5, 5.41) is 6.14. The average molecular weight is 1260 g/mol. The van der Waals surface area contributed by atoms with Crippen LogP contribution in [0.3, 0.4) is 0 Å². The van der Waals surface area contributed by atoms with E-state index < -0.39 is 54.5 Å². The molecule has 0 unspecified atom stereocenters. The largest absolute Gasteiger partial charge is 0.459 e. The first-order valence-electron chi connectivity index (χ1n) is 30.0. The quantitative estimate of drug-likeness (QED) is 0.0134. The van der Waals surface area contributed by atoms with Gasteiger partial charge < -0.3 is 30.7 Å². The number of anilines is 3. The lowest BCUT2D eigenvalue weighted by molar-refractivity contribution is -0.438. The number of hydrogen-bond donors (Lipinski definition) is 6. The van der Waals surface area contributed by atoms with Crippen molar-refractivity contribution in [2.75, 3.05) is 40.5 Å². The van der Waals surface area contributed by atoms with Crippen LogP contribution in [0.4, 0.5) is 23.0 Å². The number of aromatic amines is 1. The molecule has 0 bridgehead atoms. The van der Waals surface area contributed by atoms with Crippen LogP contribution in [0.15, 0.2) is 185 Å². The van der Waals surface area contributed by atoms with E-state index in [1.807, 2.05) is 78.9 Å². The Labute approximate surface area is 523 Å². The van der Waals surface area contributed by atoms with Gasteiger partial charge in [0.05, 0.1) is 35.4 Å². The monoisotopic (exact) mass is 1260 g/mol. The Bertz CT molecular complexity index is 4290. The van der Waals surface area contributed by atoms with Gasteiger partial charge in [-0.25, -0.2) is 14.8 Å². The minimum atomic E-state index is -4.12. The maximum atomic E-state index is 14.0. The lowest BCUT2D eigenvalue weighted by atomic mass is 9.81. The van der Waals surface area contributed by atoms with Crippen LogP contribution >= 0.6 is 0 Å². The van der Waals surface area contributed by atoms with Crippen LogP contribution in [0, 0.1) is 0 Å². The molecule has 90 heavy (non-hydrogen) atoms. The minimum Gasteiger partial charge on any atom is -0.459 e. The van der Waals surface area contributed by atoms with Crippen molar-refractivity contribution in [1.82, 2.24) is 25.3 Å². The topological polar surface area (TPSA) is 289 Å². The van der Waals surface area contributed by atoms with Crippen molar-refractivity contribution < 1.29 is 49.6 Å².